The summed E-state index contributed by atoms with van der Waals surface area (Å²) in [6.45, 7) is 2.27. The van der Waals surface area contributed by atoms with Crippen molar-refractivity contribution < 1.29 is 0 Å². The largest absolute Gasteiger partial charge is 0.198 e. The number of thioether (sulfide) groups is 1. The van der Waals surface area contributed by atoms with E-state index in [-0.39, 0.29) is 5.41 Å². The zero-order valence-electron chi connectivity index (χ0n) is 9.38. The minimum Gasteiger partial charge on any atom is -0.198 e. The zero-order chi connectivity index (χ0) is 10.4. The van der Waals surface area contributed by atoms with E-state index in [9.17, 15) is 5.26 Å². The normalized spacial score (nSPS) is 32.5. The van der Waals surface area contributed by atoms with Gasteiger partial charge in [0.05, 0.1) is 11.5 Å². The van der Waals surface area contributed by atoms with Gasteiger partial charge in [0.25, 0.3) is 0 Å². The van der Waals surface area contributed by atoms with Gasteiger partial charge in [-0.2, -0.15) is 17.0 Å². The molecule has 0 radical (unpaired) electrons. The number of hydrogen-bond acceptors (Lipinski definition) is 2. The molecule has 0 atom stereocenters. The highest BCUT2D eigenvalue weighted by Gasteiger charge is 2.34. The second-order valence-electron chi connectivity index (χ2n) is 4.49. The summed E-state index contributed by atoms with van der Waals surface area (Å²) in [6, 6.07) is 2.58. The van der Waals surface area contributed by atoms with Crippen molar-refractivity contribution in [3.05, 3.63) is 0 Å². The summed E-state index contributed by atoms with van der Waals surface area (Å²) in [4.78, 5) is 0. The van der Waals surface area contributed by atoms with Crippen molar-refractivity contribution in [1.82, 2.24) is 0 Å². The van der Waals surface area contributed by atoms with Crippen molar-refractivity contribution in [1.29, 1.82) is 5.26 Å². The maximum Gasteiger partial charge on any atom is 0.0690 e. The Balaban J connectivity index is 2.45. The highest BCUT2D eigenvalue weighted by atomic mass is 32.2. The Morgan fingerprint density at radius 1 is 1.43 bits per heavy atom. The third kappa shape index (κ3) is 2.92. The molecule has 1 aliphatic rings. The van der Waals surface area contributed by atoms with Crippen molar-refractivity contribution in [3.8, 4) is 6.07 Å². The first-order valence-corrected chi connectivity index (χ1v) is 7.06. The average molecular weight is 211 g/mol. The van der Waals surface area contributed by atoms with E-state index in [0.29, 0.717) is 0 Å². The van der Waals surface area contributed by atoms with Crippen LogP contribution in [0.15, 0.2) is 0 Å². The molecule has 1 nitrogen and oxygen atoms in total. The van der Waals surface area contributed by atoms with Gasteiger partial charge in [-0.3, -0.25) is 0 Å². The fourth-order valence-corrected chi connectivity index (χ4v) is 2.95. The molecule has 1 aliphatic carbocycles. The van der Waals surface area contributed by atoms with E-state index in [2.05, 4.69) is 19.2 Å². The van der Waals surface area contributed by atoms with Crippen LogP contribution < -0.4 is 0 Å². The molecule has 0 spiro atoms. The maximum atomic E-state index is 9.27. The molecule has 0 heterocycles. The van der Waals surface area contributed by atoms with E-state index in [0.717, 1.165) is 30.9 Å². The van der Waals surface area contributed by atoms with Gasteiger partial charge in [0.15, 0.2) is 0 Å². The first kappa shape index (κ1) is 11.9. The summed E-state index contributed by atoms with van der Waals surface area (Å²) in [5, 5.41) is 9.27. The van der Waals surface area contributed by atoms with Crippen molar-refractivity contribution in [3.63, 3.8) is 0 Å². The van der Waals surface area contributed by atoms with Gasteiger partial charge in [0, 0.05) is 0 Å². The molecule has 1 fully saturated rings. The van der Waals surface area contributed by atoms with Crippen LogP contribution in [-0.4, -0.2) is 12.0 Å². The minimum atomic E-state index is 0.0364. The molecule has 0 aliphatic heterocycles. The van der Waals surface area contributed by atoms with Gasteiger partial charge < -0.3 is 0 Å². The Kier molecular flexibility index (Phi) is 4.81. The van der Waals surface area contributed by atoms with Gasteiger partial charge >= 0.3 is 0 Å². The third-order valence-electron chi connectivity index (χ3n) is 3.66. The van der Waals surface area contributed by atoms with Crippen molar-refractivity contribution in [2.45, 2.75) is 45.4 Å². The van der Waals surface area contributed by atoms with E-state index in [1.54, 1.807) is 0 Å². The van der Waals surface area contributed by atoms with E-state index in [4.69, 9.17) is 0 Å². The molecule has 0 N–H and O–H groups in total. The second kappa shape index (κ2) is 5.66. The molecule has 0 bridgehead atoms. The topological polar surface area (TPSA) is 23.8 Å². The van der Waals surface area contributed by atoms with Crippen LogP contribution in [-0.2, 0) is 0 Å². The minimum absolute atomic E-state index is 0.0364. The predicted molar refractivity (Wildman–Crippen MR) is 63.3 cm³/mol. The summed E-state index contributed by atoms with van der Waals surface area (Å²) in [6.07, 6.45) is 9.36. The van der Waals surface area contributed by atoms with E-state index in [1.165, 1.54) is 19.3 Å². The summed E-state index contributed by atoms with van der Waals surface area (Å²) in [7, 11) is 0. The van der Waals surface area contributed by atoms with E-state index < -0.39 is 0 Å². The van der Waals surface area contributed by atoms with Gasteiger partial charge in [-0.15, -0.1) is 0 Å². The van der Waals surface area contributed by atoms with Crippen LogP contribution in [0.4, 0.5) is 0 Å². The Bertz CT molecular complexity index is 199. The lowest BCUT2D eigenvalue weighted by Crippen LogP contribution is -2.26. The molecule has 1 rings (SSSR count). The van der Waals surface area contributed by atoms with Gasteiger partial charge in [-0.1, -0.05) is 13.3 Å². The summed E-state index contributed by atoms with van der Waals surface area (Å²) >= 11 is 1.86. The fourth-order valence-electron chi connectivity index (χ4n) is 2.35. The molecule has 0 aromatic carbocycles. The quantitative estimate of drug-likeness (QED) is 0.705. The number of nitrogens with zero attached hydrogens (tertiary/aromatic N) is 1. The van der Waals surface area contributed by atoms with Crippen LogP contribution >= 0.6 is 11.8 Å². The predicted octanol–water partition coefficient (Wildman–Crippen LogP) is 3.85. The average Bonchev–Trinajstić information content (AvgIpc) is 2.27. The first-order chi connectivity index (χ1) is 6.76. The highest BCUT2D eigenvalue weighted by molar-refractivity contribution is 7.98. The van der Waals surface area contributed by atoms with Crippen molar-refractivity contribution in [2.24, 2.45) is 11.3 Å². The fraction of sp³-hybridized carbons (Fsp3) is 0.917. The molecule has 14 heavy (non-hydrogen) atoms. The van der Waals surface area contributed by atoms with Gasteiger partial charge in [-0.05, 0) is 50.0 Å². The molecule has 0 amide bonds. The van der Waals surface area contributed by atoms with Crippen LogP contribution in [0, 0.1) is 22.7 Å². The molecular formula is C12H21NS. The molecule has 0 aromatic heterocycles. The molecular weight excluding hydrogens is 190 g/mol. The molecule has 0 aromatic rings. The van der Waals surface area contributed by atoms with E-state index in [1.807, 2.05) is 11.8 Å². The first-order valence-electron chi connectivity index (χ1n) is 5.66. The summed E-state index contributed by atoms with van der Waals surface area (Å²) in [5.41, 5.74) is 0.0364. The third-order valence-corrected chi connectivity index (χ3v) is 4.27. The number of hydrogen-bond donors (Lipinski definition) is 0. The highest BCUT2D eigenvalue weighted by Crippen LogP contribution is 2.42. The van der Waals surface area contributed by atoms with Crippen LogP contribution in [0.2, 0.25) is 0 Å². The standard InChI is InChI=1S/C12H21NS/c1-3-11-4-6-12(10-13,7-5-11)8-9-14-2/h11H,3-9H2,1-2H3. The zero-order valence-corrected chi connectivity index (χ0v) is 10.2. The van der Waals surface area contributed by atoms with Gasteiger partial charge in [0.2, 0.25) is 0 Å². The van der Waals surface area contributed by atoms with Crippen LogP contribution in [0.3, 0.4) is 0 Å². The lowest BCUT2D eigenvalue weighted by molar-refractivity contribution is 0.202. The smallest absolute Gasteiger partial charge is 0.0690 e. The molecule has 80 valence electrons. The van der Waals surface area contributed by atoms with E-state index >= 15 is 0 Å². The maximum absolute atomic E-state index is 9.27. The lowest BCUT2D eigenvalue weighted by atomic mass is 9.69. The lowest BCUT2D eigenvalue weighted by Gasteiger charge is -2.34. The summed E-state index contributed by atoms with van der Waals surface area (Å²) < 4.78 is 0. The van der Waals surface area contributed by atoms with Gasteiger partial charge in [0.1, 0.15) is 0 Å². The molecule has 1 saturated carbocycles. The Hall–Kier alpha value is -0.160. The Morgan fingerprint density at radius 2 is 2.07 bits per heavy atom. The molecule has 0 unspecified atom stereocenters. The Labute approximate surface area is 92.3 Å². The van der Waals surface area contributed by atoms with Crippen LogP contribution in [0.1, 0.15) is 45.4 Å². The molecule has 0 saturated heterocycles. The molecule has 2 heteroatoms. The second-order valence-corrected chi connectivity index (χ2v) is 5.47. The number of rotatable bonds is 4. The van der Waals surface area contributed by atoms with Crippen molar-refractivity contribution >= 4 is 11.8 Å². The van der Waals surface area contributed by atoms with Crippen LogP contribution in [0.5, 0.6) is 0 Å². The van der Waals surface area contributed by atoms with Crippen LogP contribution in [0.25, 0.3) is 0 Å². The van der Waals surface area contributed by atoms with Crippen molar-refractivity contribution in [2.75, 3.05) is 12.0 Å². The number of nitriles is 1. The SMILES string of the molecule is CCC1CCC(C#N)(CCSC)CC1. The summed E-state index contributed by atoms with van der Waals surface area (Å²) in [5.74, 6) is 2.04. The van der Waals surface area contributed by atoms with Gasteiger partial charge in [-0.25, -0.2) is 0 Å². The Morgan fingerprint density at radius 3 is 2.50 bits per heavy atom. The monoisotopic (exact) mass is 211 g/mol.